The van der Waals surface area contributed by atoms with Crippen LogP contribution in [0.15, 0.2) is 12.2 Å². The molecule has 0 saturated heterocycles. The second-order valence-corrected chi connectivity index (χ2v) is 2.26. The number of hydrogen-bond acceptors (Lipinski definition) is 1. The maximum Gasteiger partial charge on any atom is 0.429 e. The van der Waals surface area contributed by atoms with Crippen molar-refractivity contribution in [3.05, 3.63) is 12.2 Å². The van der Waals surface area contributed by atoms with Gasteiger partial charge >= 0.3 is 12.4 Å². The van der Waals surface area contributed by atoms with Crippen LogP contribution in [-0.4, -0.2) is 23.1 Å². The van der Waals surface area contributed by atoms with Gasteiger partial charge in [0.05, 0.1) is 0 Å². The third-order valence-electron chi connectivity index (χ3n) is 1.27. The van der Waals surface area contributed by atoms with Crippen LogP contribution in [-0.2, 0) is 0 Å². The Balaban J connectivity index is 5.21. The zero-order chi connectivity index (χ0) is 10.9. The van der Waals surface area contributed by atoms with Crippen molar-refractivity contribution in [1.29, 1.82) is 0 Å². The topological polar surface area (TPSA) is 20.2 Å². The van der Waals surface area contributed by atoms with Gasteiger partial charge in [0.25, 0.3) is 5.60 Å². The Bertz CT molecular complexity index is 186. The summed E-state index contributed by atoms with van der Waals surface area (Å²) in [6, 6.07) is 0. The normalized spacial score (nSPS) is 15.4. The summed E-state index contributed by atoms with van der Waals surface area (Å²) in [5, 5.41) is 8.35. The Morgan fingerprint density at radius 2 is 1.23 bits per heavy atom. The molecule has 0 radical (unpaired) electrons. The van der Waals surface area contributed by atoms with Crippen molar-refractivity contribution in [3.63, 3.8) is 0 Å². The van der Waals surface area contributed by atoms with Crippen LogP contribution in [0.3, 0.4) is 0 Å². The van der Waals surface area contributed by atoms with Crippen molar-refractivity contribution in [3.8, 4) is 0 Å². The average molecular weight is 208 g/mol. The molecule has 0 spiro atoms. The van der Waals surface area contributed by atoms with Crippen molar-refractivity contribution >= 4 is 0 Å². The van der Waals surface area contributed by atoms with Gasteiger partial charge in [-0.1, -0.05) is 6.08 Å². The summed E-state index contributed by atoms with van der Waals surface area (Å²) in [6.45, 7) is 0.947. The minimum Gasteiger partial charge on any atom is -0.370 e. The van der Waals surface area contributed by atoms with Gasteiger partial charge in [-0.2, -0.15) is 26.3 Å². The third kappa shape index (κ3) is 2.15. The molecule has 0 saturated carbocycles. The smallest absolute Gasteiger partial charge is 0.370 e. The number of aliphatic hydroxyl groups is 1. The molecule has 13 heavy (non-hydrogen) atoms. The van der Waals surface area contributed by atoms with Crippen LogP contribution in [0, 0.1) is 0 Å². The van der Waals surface area contributed by atoms with Crippen molar-refractivity contribution in [2.45, 2.75) is 24.9 Å². The lowest BCUT2D eigenvalue weighted by atomic mass is 10.0. The molecule has 0 aromatic rings. The first-order valence-electron chi connectivity index (χ1n) is 3.06. The van der Waals surface area contributed by atoms with E-state index < -0.39 is 18.0 Å². The van der Waals surface area contributed by atoms with E-state index in [0.717, 1.165) is 6.92 Å². The van der Waals surface area contributed by atoms with Crippen molar-refractivity contribution < 1.29 is 31.4 Å². The molecule has 78 valence electrons. The molecule has 7 heteroatoms. The summed E-state index contributed by atoms with van der Waals surface area (Å²) < 4.78 is 70.6. The molecule has 0 aliphatic heterocycles. The molecule has 1 nitrogen and oxygen atoms in total. The van der Waals surface area contributed by atoms with Crippen molar-refractivity contribution in [2.75, 3.05) is 0 Å². The van der Waals surface area contributed by atoms with E-state index in [9.17, 15) is 26.3 Å². The van der Waals surface area contributed by atoms with Crippen LogP contribution in [0.4, 0.5) is 26.3 Å². The molecular weight excluding hydrogens is 202 g/mol. The molecule has 0 aliphatic carbocycles. The maximum atomic E-state index is 11.8. The number of halogens is 6. The molecule has 0 unspecified atom stereocenters. The first-order chi connectivity index (χ1) is 5.56. The van der Waals surface area contributed by atoms with Gasteiger partial charge in [0.2, 0.25) is 0 Å². The van der Waals surface area contributed by atoms with Gasteiger partial charge in [-0.25, -0.2) is 0 Å². The largest absolute Gasteiger partial charge is 0.429 e. The highest BCUT2D eigenvalue weighted by molar-refractivity contribution is 5.09. The fraction of sp³-hybridized carbons (Fsp3) is 0.667. The van der Waals surface area contributed by atoms with Crippen LogP contribution < -0.4 is 0 Å². The van der Waals surface area contributed by atoms with Gasteiger partial charge < -0.3 is 5.11 Å². The minimum atomic E-state index is -5.77. The lowest BCUT2D eigenvalue weighted by Crippen LogP contribution is -2.55. The second kappa shape index (κ2) is 3.21. The quantitative estimate of drug-likeness (QED) is 0.518. The SMILES string of the molecule is C/C=C\C(O)(C(F)(F)F)C(F)(F)F. The zero-order valence-corrected chi connectivity index (χ0v) is 6.37. The maximum absolute atomic E-state index is 11.8. The summed E-state index contributed by atoms with van der Waals surface area (Å²) in [5.41, 5.74) is -4.76. The zero-order valence-electron chi connectivity index (χ0n) is 6.37. The predicted molar refractivity (Wildman–Crippen MR) is 31.9 cm³/mol. The van der Waals surface area contributed by atoms with Gasteiger partial charge in [0, 0.05) is 0 Å². The van der Waals surface area contributed by atoms with E-state index in [1.54, 1.807) is 0 Å². The summed E-state index contributed by atoms with van der Waals surface area (Å²) in [7, 11) is 0. The molecule has 0 aliphatic rings. The molecule has 0 bridgehead atoms. The Morgan fingerprint density at radius 1 is 0.923 bits per heavy atom. The Morgan fingerprint density at radius 3 is 1.31 bits per heavy atom. The molecule has 0 heterocycles. The number of alkyl halides is 6. The van der Waals surface area contributed by atoms with Gasteiger partial charge in [-0.05, 0) is 13.0 Å². The van der Waals surface area contributed by atoms with Crippen LogP contribution in [0.2, 0.25) is 0 Å². The van der Waals surface area contributed by atoms with Crippen molar-refractivity contribution in [1.82, 2.24) is 0 Å². The molecular formula is C6H6F6O. The van der Waals surface area contributed by atoms with E-state index in [4.69, 9.17) is 5.11 Å². The summed E-state index contributed by atoms with van der Waals surface area (Å²) in [5.74, 6) is 0. The van der Waals surface area contributed by atoms with E-state index in [0.29, 0.717) is 6.08 Å². The summed E-state index contributed by atoms with van der Waals surface area (Å²) in [6.07, 6.45) is -11.4. The van der Waals surface area contributed by atoms with E-state index >= 15 is 0 Å². The monoisotopic (exact) mass is 208 g/mol. The first kappa shape index (κ1) is 12.3. The molecule has 0 amide bonds. The van der Waals surface area contributed by atoms with Crippen LogP contribution in [0.1, 0.15) is 6.92 Å². The lowest BCUT2D eigenvalue weighted by molar-refractivity contribution is -0.347. The number of rotatable bonds is 1. The predicted octanol–water partition coefficient (Wildman–Crippen LogP) is 2.42. The van der Waals surface area contributed by atoms with Crippen molar-refractivity contribution in [2.24, 2.45) is 0 Å². The molecule has 0 atom stereocenters. The van der Waals surface area contributed by atoms with Gasteiger partial charge in [0.15, 0.2) is 0 Å². The van der Waals surface area contributed by atoms with Gasteiger partial charge in [0.1, 0.15) is 0 Å². The van der Waals surface area contributed by atoms with E-state index in [1.165, 1.54) is 0 Å². The van der Waals surface area contributed by atoms with E-state index in [-0.39, 0.29) is 6.08 Å². The fourth-order valence-electron chi connectivity index (χ4n) is 0.591. The number of allylic oxidation sites excluding steroid dienone is 1. The lowest BCUT2D eigenvalue weighted by Gasteiger charge is -2.29. The standard InChI is InChI=1S/C6H6F6O/c1-2-3-4(13,5(7,8)9)6(10,11)12/h2-3,13H,1H3/b3-2-. The molecule has 0 fully saturated rings. The fourth-order valence-corrected chi connectivity index (χ4v) is 0.591. The molecule has 0 aromatic heterocycles. The average Bonchev–Trinajstić information content (AvgIpc) is 1.82. The second-order valence-electron chi connectivity index (χ2n) is 2.26. The summed E-state index contributed by atoms with van der Waals surface area (Å²) in [4.78, 5) is 0. The van der Waals surface area contributed by atoms with Crippen LogP contribution in [0.5, 0.6) is 0 Å². The van der Waals surface area contributed by atoms with Gasteiger partial charge in [-0.3, -0.25) is 0 Å². The van der Waals surface area contributed by atoms with Crippen LogP contribution in [0.25, 0.3) is 0 Å². The highest BCUT2D eigenvalue weighted by Crippen LogP contribution is 2.43. The molecule has 0 rings (SSSR count). The minimum absolute atomic E-state index is 0.340. The van der Waals surface area contributed by atoms with E-state index in [2.05, 4.69) is 0 Å². The third-order valence-corrected chi connectivity index (χ3v) is 1.27. The number of hydrogen-bond donors (Lipinski definition) is 1. The first-order valence-corrected chi connectivity index (χ1v) is 3.06. The molecule has 1 N–H and O–H groups in total. The highest BCUT2D eigenvalue weighted by atomic mass is 19.4. The Labute approximate surface area is 69.7 Å². The molecule has 0 aromatic carbocycles. The summed E-state index contributed by atoms with van der Waals surface area (Å²) >= 11 is 0. The highest BCUT2D eigenvalue weighted by Gasteiger charge is 2.68. The Hall–Kier alpha value is -0.720. The van der Waals surface area contributed by atoms with Crippen LogP contribution >= 0.6 is 0 Å². The van der Waals surface area contributed by atoms with E-state index in [1.807, 2.05) is 0 Å². The van der Waals surface area contributed by atoms with Gasteiger partial charge in [-0.15, -0.1) is 0 Å². The Kier molecular flexibility index (Phi) is 3.03.